The third-order valence-corrected chi connectivity index (χ3v) is 4.83. The third-order valence-electron chi connectivity index (χ3n) is 3.71. The van der Waals surface area contributed by atoms with Crippen molar-refractivity contribution in [1.82, 2.24) is 9.88 Å². The van der Waals surface area contributed by atoms with E-state index in [9.17, 15) is 9.59 Å². The standard InChI is InChI=1S/C14H21N3O3S/c1-9(17-6-4-3-5-7-17)8-15-14-16-11(13(19)20)12(21-14)10(2)18/h9H,3-8H2,1-2H3,(H,15,16)(H,19,20). The van der Waals surface area contributed by atoms with Crippen molar-refractivity contribution in [3.05, 3.63) is 10.6 Å². The number of aromatic carboxylic acids is 1. The first-order valence-corrected chi connectivity index (χ1v) is 8.03. The summed E-state index contributed by atoms with van der Waals surface area (Å²) in [6, 6.07) is 0.364. The second kappa shape index (κ2) is 7.00. The lowest BCUT2D eigenvalue weighted by Gasteiger charge is -2.32. The molecule has 1 saturated heterocycles. The predicted molar refractivity (Wildman–Crippen MR) is 82.5 cm³/mol. The number of nitrogens with zero attached hydrogens (tertiary/aromatic N) is 2. The van der Waals surface area contributed by atoms with Crippen LogP contribution in [0.2, 0.25) is 0 Å². The molecule has 6 nitrogen and oxygen atoms in total. The van der Waals surface area contributed by atoms with Gasteiger partial charge >= 0.3 is 5.97 Å². The molecule has 0 aromatic carbocycles. The molecular weight excluding hydrogens is 290 g/mol. The Bertz CT molecular complexity index is 492. The van der Waals surface area contributed by atoms with Crippen LogP contribution in [-0.2, 0) is 0 Å². The molecule has 21 heavy (non-hydrogen) atoms. The number of piperidine rings is 1. The number of ketones is 1. The highest BCUT2D eigenvalue weighted by Crippen LogP contribution is 2.24. The molecule has 1 aliphatic rings. The first kappa shape index (κ1) is 15.9. The minimum Gasteiger partial charge on any atom is -0.476 e. The number of hydrogen-bond donors (Lipinski definition) is 2. The number of hydrogen-bond acceptors (Lipinski definition) is 6. The van der Waals surface area contributed by atoms with Gasteiger partial charge < -0.3 is 10.4 Å². The van der Waals surface area contributed by atoms with Crippen LogP contribution in [0.1, 0.15) is 53.3 Å². The molecule has 1 aromatic rings. The van der Waals surface area contributed by atoms with E-state index in [0.717, 1.165) is 24.4 Å². The second-order valence-electron chi connectivity index (χ2n) is 5.38. The summed E-state index contributed by atoms with van der Waals surface area (Å²) in [5, 5.41) is 12.7. The SMILES string of the molecule is CC(=O)c1sc(NCC(C)N2CCCCC2)nc1C(=O)O. The number of rotatable bonds is 6. The van der Waals surface area contributed by atoms with Crippen molar-refractivity contribution in [1.29, 1.82) is 0 Å². The van der Waals surface area contributed by atoms with Gasteiger partial charge in [-0.05, 0) is 32.9 Å². The lowest BCUT2D eigenvalue weighted by molar-refractivity contribution is 0.0687. The van der Waals surface area contributed by atoms with Crippen molar-refractivity contribution in [2.75, 3.05) is 25.0 Å². The Morgan fingerprint density at radius 3 is 2.57 bits per heavy atom. The zero-order chi connectivity index (χ0) is 15.4. The van der Waals surface area contributed by atoms with Crippen molar-refractivity contribution in [2.45, 2.75) is 39.2 Å². The number of anilines is 1. The molecule has 1 unspecified atom stereocenters. The molecule has 116 valence electrons. The number of Topliss-reactive ketones (excluding diaryl/α,β-unsaturated/α-hetero) is 1. The van der Waals surface area contributed by atoms with Gasteiger partial charge in [-0.1, -0.05) is 17.8 Å². The summed E-state index contributed by atoms with van der Waals surface area (Å²) in [4.78, 5) is 29.2. The van der Waals surface area contributed by atoms with E-state index in [1.165, 1.54) is 26.2 Å². The van der Waals surface area contributed by atoms with Crippen LogP contribution in [0.4, 0.5) is 5.13 Å². The zero-order valence-corrected chi connectivity index (χ0v) is 13.2. The Kier molecular flexibility index (Phi) is 5.30. The van der Waals surface area contributed by atoms with Crippen LogP contribution < -0.4 is 5.32 Å². The number of carboxylic acid groups (broad SMARTS) is 1. The van der Waals surface area contributed by atoms with E-state index < -0.39 is 5.97 Å². The van der Waals surface area contributed by atoms with E-state index in [2.05, 4.69) is 22.1 Å². The van der Waals surface area contributed by atoms with E-state index in [-0.39, 0.29) is 16.4 Å². The summed E-state index contributed by atoms with van der Waals surface area (Å²) in [5.74, 6) is -1.42. The summed E-state index contributed by atoms with van der Waals surface area (Å²) in [5.41, 5.74) is -0.152. The van der Waals surface area contributed by atoms with Gasteiger partial charge in [0.05, 0.1) is 0 Å². The van der Waals surface area contributed by atoms with Gasteiger partial charge in [-0.15, -0.1) is 0 Å². The number of nitrogens with one attached hydrogen (secondary N) is 1. The van der Waals surface area contributed by atoms with E-state index in [1.54, 1.807) is 0 Å². The molecule has 0 radical (unpaired) electrons. The van der Waals surface area contributed by atoms with Crippen molar-refractivity contribution < 1.29 is 14.7 Å². The minimum atomic E-state index is -1.16. The molecule has 2 heterocycles. The fraction of sp³-hybridized carbons (Fsp3) is 0.643. The minimum absolute atomic E-state index is 0.152. The van der Waals surface area contributed by atoms with Crippen LogP contribution in [0.3, 0.4) is 0 Å². The number of carboxylic acids is 1. The van der Waals surface area contributed by atoms with Gasteiger partial charge in [-0.2, -0.15) is 0 Å². The summed E-state index contributed by atoms with van der Waals surface area (Å²) >= 11 is 1.11. The second-order valence-corrected chi connectivity index (χ2v) is 6.38. The maximum absolute atomic E-state index is 11.4. The van der Waals surface area contributed by atoms with Crippen LogP contribution in [0.15, 0.2) is 0 Å². The van der Waals surface area contributed by atoms with Crippen LogP contribution in [-0.4, -0.2) is 52.4 Å². The highest BCUT2D eigenvalue weighted by molar-refractivity contribution is 7.17. The van der Waals surface area contributed by atoms with Crippen molar-refractivity contribution in [2.24, 2.45) is 0 Å². The van der Waals surface area contributed by atoms with Crippen LogP contribution >= 0.6 is 11.3 Å². The quantitative estimate of drug-likeness (QED) is 0.785. The van der Waals surface area contributed by atoms with Crippen LogP contribution in [0.25, 0.3) is 0 Å². The molecule has 0 bridgehead atoms. The Morgan fingerprint density at radius 2 is 2.05 bits per heavy atom. The average molecular weight is 311 g/mol. The van der Waals surface area contributed by atoms with Gasteiger partial charge in [0.15, 0.2) is 16.6 Å². The Hall–Kier alpha value is -1.47. The van der Waals surface area contributed by atoms with E-state index >= 15 is 0 Å². The topological polar surface area (TPSA) is 82.5 Å². The zero-order valence-electron chi connectivity index (χ0n) is 12.4. The molecule has 1 aromatic heterocycles. The van der Waals surface area contributed by atoms with Gasteiger partial charge in [-0.25, -0.2) is 9.78 Å². The molecule has 2 N–H and O–H groups in total. The lowest BCUT2D eigenvalue weighted by Crippen LogP contribution is -2.41. The van der Waals surface area contributed by atoms with Gasteiger partial charge in [0.1, 0.15) is 4.88 Å². The van der Waals surface area contributed by atoms with Crippen LogP contribution in [0.5, 0.6) is 0 Å². The van der Waals surface area contributed by atoms with E-state index in [1.807, 2.05) is 0 Å². The number of carbonyl (C=O) groups is 2. The summed E-state index contributed by atoms with van der Waals surface area (Å²) in [6.45, 7) is 6.43. The largest absolute Gasteiger partial charge is 0.476 e. The lowest BCUT2D eigenvalue weighted by atomic mass is 10.1. The molecule has 0 amide bonds. The molecular formula is C14H21N3O3S. The van der Waals surface area contributed by atoms with Crippen molar-refractivity contribution in [3.8, 4) is 0 Å². The fourth-order valence-electron chi connectivity index (χ4n) is 2.50. The molecule has 1 fully saturated rings. The predicted octanol–water partition coefficient (Wildman–Crippen LogP) is 2.33. The summed E-state index contributed by atoms with van der Waals surface area (Å²) in [6.07, 6.45) is 3.77. The first-order chi connectivity index (χ1) is 9.99. The van der Waals surface area contributed by atoms with Gasteiger partial charge in [-0.3, -0.25) is 9.69 Å². The summed E-state index contributed by atoms with van der Waals surface area (Å²) < 4.78 is 0. The van der Waals surface area contributed by atoms with Crippen molar-refractivity contribution >= 4 is 28.2 Å². The van der Waals surface area contributed by atoms with Gasteiger partial charge in [0.25, 0.3) is 0 Å². The maximum atomic E-state index is 11.4. The molecule has 2 rings (SSSR count). The fourth-order valence-corrected chi connectivity index (χ4v) is 3.36. The molecule has 0 saturated carbocycles. The smallest absolute Gasteiger partial charge is 0.356 e. The van der Waals surface area contributed by atoms with E-state index in [0.29, 0.717) is 17.7 Å². The third kappa shape index (κ3) is 4.01. The number of aromatic nitrogens is 1. The molecule has 1 aliphatic heterocycles. The molecule has 1 atom stereocenters. The highest BCUT2D eigenvalue weighted by Gasteiger charge is 2.21. The van der Waals surface area contributed by atoms with E-state index in [4.69, 9.17) is 5.11 Å². The number of carbonyl (C=O) groups excluding carboxylic acids is 1. The van der Waals surface area contributed by atoms with Crippen LogP contribution in [0, 0.1) is 0 Å². The summed E-state index contributed by atoms with van der Waals surface area (Å²) in [7, 11) is 0. The first-order valence-electron chi connectivity index (χ1n) is 7.22. The Morgan fingerprint density at radius 1 is 1.38 bits per heavy atom. The molecule has 0 aliphatic carbocycles. The normalized spacial score (nSPS) is 17.4. The monoisotopic (exact) mass is 311 g/mol. The molecule has 0 spiro atoms. The number of thiazole rings is 1. The Balaban J connectivity index is 1.98. The Labute approximate surface area is 128 Å². The number of likely N-dealkylation sites (tertiary alicyclic amines) is 1. The average Bonchev–Trinajstić information content (AvgIpc) is 2.90. The van der Waals surface area contributed by atoms with Gasteiger partial charge in [0, 0.05) is 19.5 Å². The van der Waals surface area contributed by atoms with Gasteiger partial charge in [0.2, 0.25) is 0 Å². The highest BCUT2D eigenvalue weighted by atomic mass is 32.1. The maximum Gasteiger partial charge on any atom is 0.356 e. The molecule has 7 heteroatoms. The van der Waals surface area contributed by atoms with Crippen molar-refractivity contribution in [3.63, 3.8) is 0 Å².